The molecule has 0 aromatic carbocycles. The Balaban J connectivity index is 1.99. The normalized spacial score (nSPS) is 19.2. The molecule has 1 aliphatic heterocycles. The SMILES string of the molecule is CCNC(=NCc1cnn(C)c1)N1CCC(C(CC)CC)C1. The van der Waals surface area contributed by atoms with Crippen LogP contribution in [0.3, 0.4) is 0 Å². The third-order valence-corrected chi connectivity index (χ3v) is 4.74. The number of nitrogens with zero attached hydrogens (tertiary/aromatic N) is 4. The number of hydrogen-bond donors (Lipinski definition) is 1. The molecule has 0 aliphatic carbocycles. The third kappa shape index (κ3) is 4.24. The van der Waals surface area contributed by atoms with Crippen molar-refractivity contribution in [1.82, 2.24) is 20.0 Å². The Bertz CT molecular complexity index is 475. The fourth-order valence-corrected chi connectivity index (χ4v) is 3.47. The molecule has 1 aromatic rings. The van der Waals surface area contributed by atoms with Crippen molar-refractivity contribution >= 4 is 5.96 Å². The average Bonchev–Trinajstić information content (AvgIpc) is 3.14. The summed E-state index contributed by atoms with van der Waals surface area (Å²) in [4.78, 5) is 7.24. The zero-order valence-corrected chi connectivity index (χ0v) is 14.5. The summed E-state index contributed by atoms with van der Waals surface area (Å²) in [6, 6.07) is 0. The van der Waals surface area contributed by atoms with Crippen LogP contribution in [-0.2, 0) is 13.6 Å². The lowest BCUT2D eigenvalue weighted by Crippen LogP contribution is -2.40. The summed E-state index contributed by atoms with van der Waals surface area (Å²) in [5, 5.41) is 7.65. The molecule has 1 aromatic heterocycles. The summed E-state index contributed by atoms with van der Waals surface area (Å²) >= 11 is 0. The van der Waals surface area contributed by atoms with E-state index in [1.54, 1.807) is 0 Å². The largest absolute Gasteiger partial charge is 0.357 e. The van der Waals surface area contributed by atoms with Gasteiger partial charge in [0.25, 0.3) is 0 Å². The highest BCUT2D eigenvalue weighted by Crippen LogP contribution is 2.28. The fraction of sp³-hybridized carbons (Fsp3) is 0.765. The second kappa shape index (κ2) is 8.20. The Morgan fingerprint density at radius 3 is 2.77 bits per heavy atom. The van der Waals surface area contributed by atoms with Crippen LogP contribution in [0.25, 0.3) is 0 Å². The molecule has 0 radical (unpaired) electrons. The van der Waals surface area contributed by atoms with Crippen molar-refractivity contribution in [2.45, 2.75) is 46.6 Å². The number of rotatable bonds is 6. The summed E-state index contributed by atoms with van der Waals surface area (Å²) in [6.07, 6.45) is 7.80. The first-order valence-corrected chi connectivity index (χ1v) is 8.68. The minimum absolute atomic E-state index is 0.697. The smallest absolute Gasteiger partial charge is 0.194 e. The van der Waals surface area contributed by atoms with Crippen LogP contribution in [0.1, 0.15) is 45.6 Å². The topological polar surface area (TPSA) is 45.5 Å². The maximum absolute atomic E-state index is 4.80. The summed E-state index contributed by atoms with van der Waals surface area (Å²) < 4.78 is 1.83. The zero-order valence-electron chi connectivity index (χ0n) is 14.5. The van der Waals surface area contributed by atoms with Gasteiger partial charge >= 0.3 is 0 Å². The second-order valence-corrected chi connectivity index (χ2v) is 6.26. The first-order chi connectivity index (χ1) is 10.7. The number of hydrogen-bond acceptors (Lipinski definition) is 2. The van der Waals surface area contributed by atoms with Gasteiger partial charge in [-0.2, -0.15) is 5.10 Å². The zero-order chi connectivity index (χ0) is 15.9. The lowest BCUT2D eigenvalue weighted by Gasteiger charge is -2.24. The molecule has 2 rings (SSSR count). The number of nitrogens with one attached hydrogen (secondary N) is 1. The molecular formula is C17H31N5. The molecule has 0 spiro atoms. The van der Waals surface area contributed by atoms with Crippen molar-refractivity contribution in [2.75, 3.05) is 19.6 Å². The highest BCUT2D eigenvalue weighted by molar-refractivity contribution is 5.80. The van der Waals surface area contributed by atoms with Crippen LogP contribution in [0.5, 0.6) is 0 Å². The molecule has 1 atom stereocenters. The van der Waals surface area contributed by atoms with E-state index in [-0.39, 0.29) is 0 Å². The minimum Gasteiger partial charge on any atom is -0.357 e. The highest BCUT2D eigenvalue weighted by Gasteiger charge is 2.29. The van der Waals surface area contributed by atoms with Crippen molar-refractivity contribution in [3.8, 4) is 0 Å². The summed E-state index contributed by atoms with van der Waals surface area (Å²) in [7, 11) is 1.94. The van der Waals surface area contributed by atoms with Crippen molar-refractivity contribution in [2.24, 2.45) is 23.9 Å². The number of aryl methyl sites for hydroxylation is 1. The average molecular weight is 305 g/mol. The molecule has 1 N–H and O–H groups in total. The number of aromatic nitrogens is 2. The molecule has 1 fully saturated rings. The van der Waals surface area contributed by atoms with E-state index in [4.69, 9.17) is 4.99 Å². The molecule has 0 saturated carbocycles. The van der Waals surface area contributed by atoms with Gasteiger partial charge in [-0.25, -0.2) is 4.99 Å². The molecule has 1 saturated heterocycles. The van der Waals surface area contributed by atoms with Gasteiger partial charge in [0.15, 0.2) is 5.96 Å². The number of guanidine groups is 1. The first-order valence-electron chi connectivity index (χ1n) is 8.68. The molecule has 22 heavy (non-hydrogen) atoms. The molecule has 124 valence electrons. The van der Waals surface area contributed by atoms with Gasteiger partial charge in [0.2, 0.25) is 0 Å². The lowest BCUT2D eigenvalue weighted by atomic mass is 9.87. The Hall–Kier alpha value is -1.52. The molecule has 2 heterocycles. The molecule has 1 aliphatic rings. The molecular weight excluding hydrogens is 274 g/mol. The maximum Gasteiger partial charge on any atom is 0.194 e. The predicted molar refractivity (Wildman–Crippen MR) is 91.8 cm³/mol. The third-order valence-electron chi connectivity index (χ3n) is 4.74. The Morgan fingerprint density at radius 1 is 1.41 bits per heavy atom. The fourth-order valence-electron chi connectivity index (χ4n) is 3.47. The van der Waals surface area contributed by atoms with Gasteiger partial charge in [-0.3, -0.25) is 4.68 Å². The van der Waals surface area contributed by atoms with Crippen molar-refractivity contribution in [1.29, 1.82) is 0 Å². The quantitative estimate of drug-likeness (QED) is 0.649. The van der Waals surface area contributed by atoms with E-state index >= 15 is 0 Å². The van der Waals surface area contributed by atoms with Gasteiger partial charge in [-0.15, -0.1) is 0 Å². The van der Waals surface area contributed by atoms with E-state index in [1.807, 2.05) is 24.1 Å². The van der Waals surface area contributed by atoms with Crippen molar-refractivity contribution in [3.63, 3.8) is 0 Å². The van der Waals surface area contributed by atoms with Gasteiger partial charge < -0.3 is 10.2 Å². The summed E-state index contributed by atoms with van der Waals surface area (Å²) in [6.45, 7) is 10.6. The van der Waals surface area contributed by atoms with E-state index in [0.29, 0.717) is 6.54 Å². The predicted octanol–water partition coefficient (Wildman–Crippen LogP) is 2.64. The molecule has 5 nitrogen and oxygen atoms in total. The maximum atomic E-state index is 4.80. The van der Waals surface area contributed by atoms with E-state index < -0.39 is 0 Å². The standard InChI is InChI=1S/C17H31N5/c1-5-15(6-2)16-8-9-22(13-16)17(18-7-3)19-10-14-11-20-21(4)12-14/h11-12,15-16H,5-10,13H2,1-4H3,(H,18,19). The number of likely N-dealkylation sites (tertiary alicyclic amines) is 1. The molecule has 5 heteroatoms. The Morgan fingerprint density at radius 2 is 2.18 bits per heavy atom. The van der Waals surface area contributed by atoms with Crippen molar-refractivity contribution in [3.05, 3.63) is 18.0 Å². The number of aliphatic imine (C=N–C) groups is 1. The van der Waals surface area contributed by atoms with Crippen LogP contribution in [0.15, 0.2) is 17.4 Å². The minimum atomic E-state index is 0.697. The highest BCUT2D eigenvalue weighted by atomic mass is 15.3. The van der Waals surface area contributed by atoms with Gasteiger partial charge in [0, 0.05) is 38.4 Å². The van der Waals surface area contributed by atoms with Gasteiger partial charge in [-0.05, 0) is 25.2 Å². The first kappa shape index (κ1) is 16.8. The van der Waals surface area contributed by atoms with E-state index in [9.17, 15) is 0 Å². The molecule has 0 amide bonds. The van der Waals surface area contributed by atoms with Crippen LogP contribution < -0.4 is 5.32 Å². The van der Waals surface area contributed by atoms with Crippen LogP contribution >= 0.6 is 0 Å². The van der Waals surface area contributed by atoms with Gasteiger partial charge in [0.05, 0.1) is 12.7 Å². The lowest BCUT2D eigenvalue weighted by molar-refractivity contribution is 0.319. The second-order valence-electron chi connectivity index (χ2n) is 6.26. The van der Waals surface area contributed by atoms with E-state index in [0.717, 1.165) is 43.0 Å². The summed E-state index contributed by atoms with van der Waals surface area (Å²) in [5.41, 5.74) is 1.16. The van der Waals surface area contributed by atoms with Gasteiger partial charge in [0.1, 0.15) is 0 Å². The van der Waals surface area contributed by atoms with Crippen molar-refractivity contribution < 1.29 is 0 Å². The van der Waals surface area contributed by atoms with E-state index in [1.165, 1.54) is 19.3 Å². The Labute approximate surface area is 134 Å². The van der Waals surface area contributed by atoms with Crippen LogP contribution in [0.4, 0.5) is 0 Å². The Kier molecular flexibility index (Phi) is 6.28. The van der Waals surface area contributed by atoms with E-state index in [2.05, 4.69) is 36.1 Å². The molecule has 0 bridgehead atoms. The molecule has 1 unspecified atom stereocenters. The van der Waals surface area contributed by atoms with Gasteiger partial charge in [-0.1, -0.05) is 26.7 Å². The summed E-state index contributed by atoms with van der Waals surface area (Å²) in [5.74, 6) is 2.73. The van der Waals surface area contributed by atoms with Crippen LogP contribution in [0.2, 0.25) is 0 Å². The van der Waals surface area contributed by atoms with Crippen LogP contribution in [0, 0.1) is 11.8 Å². The monoisotopic (exact) mass is 305 g/mol. The van der Waals surface area contributed by atoms with Crippen LogP contribution in [-0.4, -0.2) is 40.3 Å².